The molecule has 0 heterocycles. The Morgan fingerprint density at radius 2 is 1.41 bits per heavy atom. The molecule has 0 radical (unpaired) electrons. The Morgan fingerprint density at radius 3 is 1.77 bits per heavy atom. The summed E-state index contributed by atoms with van der Waals surface area (Å²) >= 11 is 6.70. The summed E-state index contributed by atoms with van der Waals surface area (Å²) in [4.78, 5) is 13.2. The van der Waals surface area contributed by atoms with E-state index >= 15 is 0 Å². The lowest BCUT2D eigenvalue weighted by Gasteiger charge is -2.28. The molecular formula is C17H17NO2S2. The molecule has 0 amide bonds. The first kappa shape index (κ1) is 16.5. The number of para-hydroxylation sites is 2. The number of aliphatic carboxylic acids is 1. The molecule has 114 valence electrons. The molecule has 0 aliphatic heterocycles. The summed E-state index contributed by atoms with van der Waals surface area (Å²) in [5.74, 6) is -0.888. The highest BCUT2D eigenvalue weighted by Crippen LogP contribution is 2.34. The van der Waals surface area contributed by atoms with Gasteiger partial charge in [-0.05, 0) is 38.1 Å². The molecule has 0 unspecified atom stereocenters. The van der Waals surface area contributed by atoms with Gasteiger partial charge in [0.1, 0.15) is 9.07 Å². The topological polar surface area (TPSA) is 40.5 Å². The molecule has 0 fully saturated rings. The van der Waals surface area contributed by atoms with E-state index in [0.29, 0.717) is 4.32 Å². The van der Waals surface area contributed by atoms with Gasteiger partial charge in [-0.1, -0.05) is 60.4 Å². The molecular weight excluding hydrogens is 314 g/mol. The van der Waals surface area contributed by atoms with E-state index in [1.54, 1.807) is 13.8 Å². The monoisotopic (exact) mass is 331 g/mol. The summed E-state index contributed by atoms with van der Waals surface area (Å²) in [7, 11) is 0. The number of anilines is 2. The van der Waals surface area contributed by atoms with E-state index in [9.17, 15) is 9.90 Å². The number of hydrogen-bond donors (Lipinski definition) is 1. The summed E-state index contributed by atoms with van der Waals surface area (Å²) in [5, 5.41) is 9.31. The SMILES string of the molecule is CC(C)(SC(=S)N(c1ccccc1)c1ccccc1)C(=O)O. The van der Waals surface area contributed by atoms with E-state index < -0.39 is 10.7 Å². The first-order valence-corrected chi connectivity index (χ1v) is 8.01. The minimum absolute atomic E-state index is 0.504. The Morgan fingerprint density at radius 1 is 1.00 bits per heavy atom. The van der Waals surface area contributed by atoms with Gasteiger partial charge in [-0.15, -0.1) is 0 Å². The van der Waals surface area contributed by atoms with Crippen LogP contribution in [0.3, 0.4) is 0 Å². The van der Waals surface area contributed by atoms with Crippen molar-refractivity contribution >= 4 is 45.6 Å². The van der Waals surface area contributed by atoms with Crippen LogP contribution in [-0.2, 0) is 4.79 Å². The lowest BCUT2D eigenvalue weighted by Crippen LogP contribution is -2.33. The highest BCUT2D eigenvalue weighted by atomic mass is 32.2. The van der Waals surface area contributed by atoms with E-state index in [4.69, 9.17) is 12.2 Å². The molecule has 0 aromatic heterocycles. The van der Waals surface area contributed by atoms with Crippen molar-refractivity contribution in [3.63, 3.8) is 0 Å². The number of thiocarbonyl (C=S) groups is 1. The van der Waals surface area contributed by atoms with E-state index in [1.807, 2.05) is 65.6 Å². The maximum atomic E-state index is 11.4. The number of carbonyl (C=O) groups is 1. The number of benzene rings is 2. The fourth-order valence-corrected chi connectivity index (χ4v) is 3.48. The molecule has 0 aliphatic carbocycles. The fraction of sp³-hybridized carbons (Fsp3) is 0.176. The Bertz CT molecular complexity index is 617. The third-order valence-electron chi connectivity index (χ3n) is 3.07. The molecule has 0 spiro atoms. The molecule has 1 N–H and O–H groups in total. The van der Waals surface area contributed by atoms with Crippen LogP contribution in [0.4, 0.5) is 11.4 Å². The van der Waals surface area contributed by atoms with Crippen LogP contribution in [0.15, 0.2) is 60.7 Å². The smallest absolute Gasteiger partial charge is 0.319 e. The van der Waals surface area contributed by atoms with Crippen LogP contribution >= 0.6 is 24.0 Å². The molecule has 0 aliphatic rings. The average Bonchev–Trinajstić information content (AvgIpc) is 2.49. The summed E-state index contributed by atoms with van der Waals surface area (Å²) in [6, 6.07) is 19.4. The van der Waals surface area contributed by atoms with Crippen LogP contribution in [0.5, 0.6) is 0 Å². The molecule has 3 nitrogen and oxygen atoms in total. The largest absolute Gasteiger partial charge is 0.480 e. The Balaban J connectivity index is 2.38. The Hall–Kier alpha value is -1.85. The molecule has 0 saturated carbocycles. The predicted molar refractivity (Wildman–Crippen MR) is 96.9 cm³/mol. The zero-order chi connectivity index (χ0) is 16.2. The van der Waals surface area contributed by atoms with Crippen molar-refractivity contribution in [1.29, 1.82) is 0 Å². The van der Waals surface area contributed by atoms with Crippen LogP contribution < -0.4 is 4.90 Å². The second-order valence-electron chi connectivity index (χ2n) is 5.19. The summed E-state index contributed by atoms with van der Waals surface area (Å²) in [6.07, 6.45) is 0. The van der Waals surface area contributed by atoms with Gasteiger partial charge in [0, 0.05) is 11.4 Å². The summed E-state index contributed by atoms with van der Waals surface area (Å²) < 4.78 is -0.483. The predicted octanol–water partition coefficient (Wildman–Crippen LogP) is 4.71. The maximum Gasteiger partial charge on any atom is 0.319 e. The lowest BCUT2D eigenvalue weighted by molar-refractivity contribution is -0.138. The van der Waals surface area contributed by atoms with Gasteiger partial charge in [0.2, 0.25) is 0 Å². The van der Waals surface area contributed by atoms with Gasteiger partial charge in [-0.3, -0.25) is 9.69 Å². The molecule has 2 rings (SSSR count). The number of rotatable bonds is 4. The van der Waals surface area contributed by atoms with Gasteiger partial charge in [-0.2, -0.15) is 0 Å². The maximum absolute atomic E-state index is 11.4. The number of thioether (sulfide) groups is 1. The van der Waals surface area contributed by atoms with Crippen molar-refractivity contribution in [3.8, 4) is 0 Å². The van der Waals surface area contributed by atoms with Crippen LogP contribution in [0.1, 0.15) is 13.8 Å². The van der Waals surface area contributed by atoms with Crippen molar-refractivity contribution in [2.24, 2.45) is 0 Å². The van der Waals surface area contributed by atoms with E-state index in [1.165, 1.54) is 11.8 Å². The standard InChI is InChI=1S/C17H17NO2S2/c1-17(2,15(19)20)22-16(21)18(13-9-5-3-6-10-13)14-11-7-4-8-12-14/h3-12H,1-2H3,(H,19,20). The van der Waals surface area contributed by atoms with Crippen molar-refractivity contribution in [2.75, 3.05) is 4.90 Å². The minimum atomic E-state index is -0.987. The fourth-order valence-electron chi connectivity index (χ4n) is 1.82. The van der Waals surface area contributed by atoms with Crippen molar-refractivity contribution < 1.29 is 9.90 Å². The second kappa shape index (κ2) is 6.94. The second-order valence-corrected chi connectivity index (χ2v) is 7.45. The lowest BCUT2D eigenvalue weighted by atomic mass is 10.2. The van der Waals surface area contributed by atoms with Crippen molar-refractivity contribution in [2.45, 2.75) is 18.6 Å². The van der Waals surface area contributed by atoms with E-state index in [-0.39, 0.29) is 0 Å². The molecule has 2 aromatic carbocycles. The van der Waals surface area contributed by atoms with Crippen LogP contribution in [0.25, 0.3) is 0 Å². The first-order valence-electron chi connectivity index (χ1n) is 6.78. The molecule has 22 heavy (non-hydrogen) atoms. The third kappa shape index (κ3) is 3.87. The average molecular weight is 331 g/mol. The van der Waals surface area contributed by atoms with Gasteiger partial charge in [0.25, 0.3) is 0 Å². The quantitative estimate of drug-likeness (QED) is 0.822. The zero-order valence-corrected chi connectivity index (χ0v) is 14.0. The normalized spacial score (nSPS) is 11.0. The highest BCUT2D eigenvalue weighted by molar-refractivity contribution is 8.24. The summed E-state index contributed by atoms with van der Waals surface area (Å²) in [6.45, 7) is 3.31. The van der Waals surface area contributed by atoms with Gasteiger partial charge in [0.05, 0.1) is 0 Å². The number of carboxylic acids is 1. The van der Waals surface area contributed by atoms with E-state index in [2.05, 4.69) is 0 Å². The molecule has 5 heteroatoms. The summed E-state index contributed by atoms with van der Waals surface area (Å²) in [5.41, 5.74) is 1.82. The van der Waals surface area contributed by atoms with Gasteiger partial charge in [-0.25, -0.2) is 0 Å². The Labute approximate surface area is 140 Å². The zero-order valence-electron chi connectivity index (χ0n) is 12.4. The minimum Gasteiger partial charge on any atom is -0.480 e. The number of carboxylic acid groups (broad SMARTS) is 1. The van der Waals surface area contributed by atoms with Gasteiger partial charge >= 0.3 is 5.97 Å². The van der Waals surface area contributed by atoms with Crippen LogP contribution in [0, 0.1) is 0 Å². The first-order chi connectivity index (χ1) is 10.4. The van der Waals surface area contributed by atoms with Crippen molar-refractivity contribution in [3.05, 3.63) is 60.7 Å². The molecule has 0 bridgehead atoms. The van der Waals surface area contributed by atoms with E-state index in [0.717, 1.165) is 11.4 Å². The number of nitrogens with zero attached hydrogens (tertiary/aromatic N) is 1. The third-order valence-corrected chi connectivity index (χ3v) is 4.54. The molecule has 0 saturated heterocycles. The van der Waals surface area contributed by atoms with Crippen molar-refractivity contribution in [1.82, 2.24) is 0 Å². The molecule has 2 aromatic rings. The van der Waals surface area contributed by atoms with Gasteiger partial charge in [0.15, 0.2) is 0 Å². The van der Waals surface area contributed by atoms with Gasteiger partial charge < -0.3 is 5.11 Å². The number of hydrogen-bond acceptors (Lipinski definition) is 3. The Kier molecular flexibility index (Phi) is 5.21. The van der Waals surface area contributed by atoms with Crippen LogP contribution in [0.2, 0.25) is 0 Å². The molecule has 0 atom stereocenters. The highest BCUT2D eigenvalue weighted by Gasteiger charge is 2.32. The van der Waals surface area contributed by atoms with Crippen LogP contribution in [-0.4, -0.2) is 20.1 Å².